The van der Waals surface area contributed by atoms with Crippen LogP contribution in [0.3, 0.4) is 0 Å². The summed E-state index contributed by atoms with van der Waals surface area (Å²) in [7, 11) is 0. The van der Waals surface area contributed by atoms with Gasteiger partial charge in [0.1, 0.15) is 6.54 Å². The van der Waals surface area contributed by atoms with Gasteiger partial charge in [-0.2, -0.15) is 0 Å². The third kappa shape index (κ3) is 12.4. The first kappa shape index (κ1) is 29.2. The van der Waals surface area contributed by atoms with E-state index in [9.17, 15) is 39.3 Å². The van der Waals surface area contributed by atoms with E-state index < -0.39 is 30.4 Å². The van der Waals surface area contributed by atoms with E-state index in [0.29, 0.717) is 13.1 Å². The van der Waals surface area contributed by atoms with Crippen molar-refractivity contribution in [1.82, 2.24) is 24.5 Å². The van der Waals surface area contributed by atoms with Gasteiger partial charge in [0.05, 0.1) is 26.2 Å². The van der Waals surface area contributed by atoms with Crippen LogP contribution in [0.5, 0.6) is 0 Å². The number of likely N-dealkylation sites (N-methyl/N-ethyl adjacent to an activating group) is 1. The lowest BCUT2D eigenvalue weighted by molar-refractivity contribution is -0.144. The first-order chi connectivity index (χ1) is 16.0. The molecule has 14 nitrogen and oxygen atoms in total. The molecular formula is C20H35N5O9. The van der Waals surface area contributed by atoms with Crippen LogP contribution in [0, 0.1) is 0 Å². The molecule has 0 spiro atoms. The molecule has 0 aromatic rings. The first-order valence-electron chi connectivity index (χ1n) is 11.0. The SMILES string of the molecule is CCN(CC(=O)O)C(=O)CN1CCN(CC(=O)O)CCN(CC(=O)O)CCN(CC(=O)O)CC1. The summed E-state index contributed by atoms with van der Waals surface area (Å²) in [4.78, 5) is 65.4. The van der Waals surface area contributed by atoms with Crippen molar-refractivity contribution in [3.63, 3.8) is 0 Å². The molecule has 1 heterocycles. The van der Waals surface area contributed by atoms with Crippen LogP contribution in [0.25, 0.3) is 0 Å². The molecule has 0 bridgehead atoms. The highest BCUT2D eigenvalue weighted by atomic mass is 16.4. The number of aliphatic carboxylic acids is 4. The fourth-order valence-electron chi connectivity index (χ4n) is 3.62. The number of carboxylic acids is 4. The number of carbonyl (C=O) groups excluding carboxylic acids is 1. The van der Waals surface area contributed by atoms with E-state index in [2.05, 4.69) is 0 Å². The van der Waals surface area contributed by atoms with Crippen molar-refractivity contribution in [2.45, 2.75) is 6.92 Å². The summed E-state index contributed by atoms with van der Waals surface area (Å²) >= 11 is 0. The van der Waals surface area contributed by atoms with E-state index >= 15 is 0 Å². The van der Waals surface area contributed by atoms with Gasteiger partial charge in [-0.05, 0) is 6.92 Å². The Kier molecular flexibility index (Phi) is 13.0. The second-order valence-electron chi connectivity index (χ2n) is 8.09. The van der Waals surface area contributed by atoms with E-state index in [1.54, 1.807) is 26.5 Å². The van der Waals surface area contributed by atoms with E-state index in [1.165, 1.54) is 4.90 Å². The Balaban J connectivity index is 3.01. The summed E-state index contributed by atoms with van der Waals surface area (Å²) < 4.78 is 0. The summed E-state index contributed by atoms with van der Waals surface area (Å²) in [6.07, 6.45) is 0. The van der Waals surface area contributed by atoms with Crippen LogP contribution in [0.1, 0.15) is 6.92 Å². The molecule has 1 amide bonds. The zero-order valence-corrected chi connectivity index (χ0v) is 19.5. The normalized spacial score (nSPS) is 17.9. The van der Waals surface area contributed by atoms with Crippen LogP contribution >= 0.6 is 0 Å². The highest BCUT2D eigenvalue weighted by Crippen LogP contribution is 2.03. The van der Waals surface area contributed by atoms with Crippen LogP contribution in [-0.2, 0) is 24.0 Å². The number of amides is 1. The molecule has 34 heavy (non-hydrogen) atoms. The fourth-order valence-corrected chi connectivity index (χ4v) is 3.62. The molecule has 0 aromatic carbocycles. The first-order valence-corrected chi connectivity index (χ1v) is 11.0. The van der Waals surface area contributed by atoms with Crippen LogP contribution in [0.15, 0.2) is 0 Å². The van der Waals surface area contributed by atoms with Gasteiger partial charge in [-0.25, -0.2) is 0 Å². The zero-order valence-electron chi connectivity index (χ0n) is 19.5. The summed E-state index contributed by atoms with van der Waals surface area (Å²) in [6.45, 7) is 2.87. The minimum atomic E-state index is -1.13. The third-order valence-corrected chi connectivity index (χ3v) is 5.43. The summed E-state index contributed by atoms with van der Waals surface area (Å²) in [5, 5.41) is 36.7. The smallest absolute Gasteiger partial charge is 0.323 e. The van der Waals surface area contributed by atoms with Gasteiger partial charge in [0.15, 0.2) is 0 Å². The fraction of sp³-hybridized carbons (Fsp3) is 0.750. The minimum Gasteiger partial charge on any atom is -0.480 e. The van der Waals surface area contributed by atoms with Gasteiger partial charge in [0.25, 0.3) is 0 Å². The van der Waals surface area contributed by atoms with Gasteiger partial charge in [-0.1, -0.05) is 0 Å². The second-order valence-corrected chi connectivity index (χ2v) is 8.09. The Morgan fingerprint density at radius 1 is 0.559 bits per heavy atom. The van der Waals surface area contributed by atoms with Crippen LogP contribution < -0.4 is 0 Å². The van der Waals surface area contributed by atoms with Crippen molar-refractivity contribution in [2.75, 3.05) is 91.6 Å². The summed E-state index contributed by atoms with van der Waals surface area (Å²) in [6, 6.07) is 0. The molecular weight excluding hydrogens is 454 g/mol. The number of carbonyl (C=O) groups is 5. The highest BCUT2D eigenvalue weighted by Gasteiger charge is 2.23. The predicted octanol–water partition coefficient (Wildman–Crippen LogP) is -2.61. The molecule has 0 unspecified atom stereocenters. The average Bonchev–Trinajstić information content (AvgIpc) is 2.72. The highest BCUT2D eigenvalue weighted by molar-refractivity contribution is 5.82. The molecule has 1 saturated heterocycles. The van der Waals surface area contributed by atoms with E-state index in [4.69, 9.17) is 5.11 Å². The Labute approximate surface area is 197 Å². The van der Waals surface area contributed by atoms with Gasteiger partial charge in [0.2, 0.25) is 5.91 Å². The largest absolute Gasteiger partial charge is 0.480 e. The van der Waals surface area contributed by atoms with E-state index in [1.807, 2.05) is 0 Å². The zero-order chi connectivity index (χ0) is 25.7. The number of hydrogen-bond acceptors (Lipinski definition) is 9. The van der Waals surface area contributed by atoms with Crippen molar-refractivity contribution >= 4 is 29.8 Å². The topological polar surface area (TPSA) is 182 Å². The molecule has 0 saturated carbocycles. The van der Waals surface area contributed by atoms with Crippen molar-refractivity contribution in [3.05, 3.63) is 0 Å². The Hall–Kier alpha value is -2.81. The maximum atomic E-state index is 12.7. The van der Waals surface area contributed by atoms with Gasteiger partial charge in [0, 0.05) is 58.9 Å². The van der Waals surface area contributed by atoms with Gasteiger partial charge in [-0.15, -0.1) is 0 Å². The quantitative estimate of drug-likeness (QED) is 0.237. The lowest BCUT2D eigenvalue weighted by atomic mass is 10.3. The van der Waals surface area contributed by atoms with Crippen LogP contribution in [0.4, 0.5) is 0 Å². The summed E-state index contributed by atoms with van der Waals surface area (Å²) in [5.41, 5.74) is 0. The average molecular weight is 490 g/mol. The standard InChI is InChI=1S/C20H35N5O9/c1-2-25(15-20(33)34)16(26)11-21-3-5-22(12-17(27)28)7-9-24(14-19(31)32)10-8-23(6-4-21)13-18(29)30/h2-15H2,1H3,(H,27,28)(H,29,30)(H,31,32)(H,33,34). The van der Waals surface area contributed by atoms with Crippen molar-refractivity contribution in [2.24, 2.45) is 0 Å². The molecule has 1 rings (SSSR count). The Morgan fingerprint density at radius 2 is 0.853 bits per heavy atom. The molecule has 1 aliphatic heterocycles. The lowest BCUT2D eigenvalue weighted by Crippen LogP contribution is -2.50. The molecule has 4 N–H and O–H groups in total. The molecule has 0 radical (unpaired) electrons. The number of hydrogen-bond donors (Lipinski definition) is 4. The predicted molar refractivity (Wildman–Crippen MR) is 119 cm³/mol. The number of carboxylic acid groups (broad SMARTS) is 4. The van der Waals surface area contributed by atoms with Crippen molar-refractivity contribution < 1.29 is 44.4 Å². The maximum Gasteiger partial charge on any atom is 0.323 e. The monoisotopic (exact) mass is 489 g/mol. The van der Waals surface area contributed by atoms with Crippen molar-refractivity contribution in [3.8, 4) is 0 Å². The van der Waals surface area contributed by atoms with Crippen LogP contribution in [-0.4, -0.2) is 166 Å². The lowest BCUT2D eigenvalue weighted by Gasteiger charge is -2.33. The second kappa shape index (κ2) is 15.2. The van der Waals surface area contributed by atoms with Crippen molar-refractivity contribution in [1.29, 1.82) is 0 Å². The van der Waals surface area contributed by atoms with E-state index in [0.717, 1.165) is 0 Å². The molecule has 0 aliphatic carbocycles. The van der Waals surface area contributed by atoms with E-state index in [-0.39, 0.29) is 77.9 Å². The van der Waals surface area contributed by atoms with Gasteiger partial charge < -0.3 is 25.3 Å². The minimum absolute atomic E-state index is 0.0892. The molecule has 0 atom stereocenters. The van der Waals surface area contributed by atoms with Gasteiger partial charge >= 0.3 is 23.9 Å². The molecule has 0 aromatic heterocycles. The third-order valence-electron chi connectivity index (χ3n) is 5.43. The number of nitrogens with zero attached hydrogens (tertiary/aromatic N) is 5. The Morgan fingerprint density at radius 3 is 1.09 bits per heavy atom. The molecule has 194 valence electrons. The van der Waals surface area contributed by atoms with Gasteiger partial charge in [-0.3, -0.25) is 43.6 Å². The molecule has 1 aliphatic rings. The van der Waals surface area contributed by atoms with Crippen LogP contribution in [0.2, 0.25) is 0 Å². The number of rotatable bonds is 11. The molecule has 14 heteroatoms. The maximum absolute atomic E-state index is 12.7. The summed E-state index contributed by atoms with van der Waals surface area (Å²) in [5.74, 6) is -4.63. The Bertz CT molecular complexity index is 689. The molecule has 1 fully saturated rings.